The summed E-state index contributed by atoms with van der Waals surface area (Å²) in [6.45, 7) is 1.72. The molecule has 2 rings (SSSR count). The van der Waals surface area contributed by atoms with Crippen LogP contribution >= 0.6 is 27.3 Å². The number of thiazole rings is 1. The molecule has 5 heteroatoms. The van der Waals surface area contributed by atoms with Crippen LogP contribution < -0.4 is 0 Å². The topological polar surface area (TPSA) is 46.0 Å². The van der Waals surface area contributed by atoms with E-state index in [0.717, 1.165) is 10.0 Å². The van der Waals surface area contributed by atoms with E-state index >= 15 is 0 Å². The highest BCUT2D eigenvalue weighted by atomic mass is 79.9. The van der Waals surface area contributed by atoms with Crippen molar-refractivity contribution < 1.29 is 5.11 Å². The summed E-state index contributed by atoms with van der Waals surface area (Å²) in [6, 6.07) is 1.84. The monoisotopic (exact) mass is 284 g/mol. The Morgan fingerprint density at radius 2 is 2.27 bits per heavy atom. The van der Waals surface area contributed by atoms with E-state index in [4.69, 9.17) is 0 Å². The number of halogens is 1. The number of hydrogen-bond acceptors (Lipinski definition) is 4. The molecular formula is C10H9BrN2OS. The summed E-state index contributed by atoms with van der Waals surface area (Å²) in [4.78, 5) is 8.15. The van der Waals surface area contributed by atoms with Crippen molar-refractivity contribution in [2.75, 3.05) is 0 Å². The van der Waals surface area contributed by atoms with Gasteiger partial charge in [0, 0.05) is 34.0 Å². The van der Waals surface area contributed by atoms with E-state index in [9.17, 15) is 5.11 Å². The Labute approximate surface area is 100.0 Å². The molecule has 0 aliphatic heterocycles. The van der Waals surface area contributed by atoms with Gasteiger partial charge in [-0.15, -0.1) is 11.3 Å². The lowest BCUT2D eigenvalue weighted by Gasteiger charge is -2.20. The lowest BCUT2D eigenvalue weighted by molar-refractivity contribution is 0.101. The van der Waals surface area contributed by atoms with Crippen molar-refractivity contribution in [3.05, 3.63) is 45.1 Å². The van der Waals surface area contributed by atoms with Crippen LogP contribution in [0.25, 0.3) is 0 Å². The summed E-state index contributed by atoms with van der Waals surface area (Å²) in [5, 5.41) is 12.9. The number of aliphatic hydroxyl groups is 1. The van der Waals surface area contributed by atoms with Crippen molar-refractivity contribution in [3.8, 4) is 0 Å². The fourth-order valence-electron chi connectivity index (χ4n) is 1.27. The normalized spacial score (nSPS) is 14.9. The maximum absolute atomic E-state index is 10.4. The first kappa shape index (κ1) is 10.7. The zero-order valence-corrected chi connectivity index (χ0v) is 10.4. The zero-order valence-electron chi connectivity index (χ0n) is 8.01. The van der Waals surface area contributed by atoms with E-state index < -0.39 is 5.60 Å². The van der Waals surface area contributed by atoms with Gasteiger partial charge in [0.2, 0.25) is 0 Å². The molecule has 0 amide bonds. The smallest absolute Gasteiger partial charge is 0.140 e. The van der Waals surface area contributed by atoms with Gasteiger partial charge in [-0.05, 0) is 28.9 Å². The quantitative estimate of drug-likeness (QED) is 0.922. The summed E-state index contributed by atoms with van der Waals surface area (Å²) in [7, 11) is 0. The van der Waals surface area contributed by atoms with Crippen LogP contribution in [0, 0.1) is 0 Å². The third-order valence-corrected chi connectivity index (χ3v) is 3.53. The summed E-state index contributed by atoms with van der Waals surface area (Å²) in [5.74, 6) is 0. The lowest BCUT2D eigenvalue weighted by Crippen LogP contribution is -2.22. The van der Waals surface area contributed by atoms with Gasteiger partial charge in [0.25, 0.3) is 0 Å². The molecule has 0 saturated carbocycles. The van der Waals surface area contributed by atoms with Gasteiger partial charge in [0.05, 0.1) is 0 Å². The van der Waals surface area contributed by atoms with Crippen molar-refractivity contribution in [1.29, 1.82) is 0 Å². The predicted octanol–water partition coefficient (Wildman–Crippen LogP) is 2.56. The van der Waals surface area contributed by atoms with Crippen LogP contribution in [0.1, 0.15) is 17.5 Å². The molecule has 78 valence electrons. The fraction of sp³-hybridized carbons (Fsp3) is 0.200. The molecule has 0 bridgehead atoms. The Morgan fingerprint density at radius 1 is 1.47 bits per heavy atom. The first-order chi connectivity index (χ1) is 7.10. The average molecular weight is 285 g/mol. The summed E-state index contributed by atoms with van der Waals surface area (Å²) in [6.07, 6.45) is 5.01. The highest BCUT2D eigenvalue weighted by molar-refractivity contribution is 9.10. The van der Waals surface area contributed by atoms with Crippen molar-refractivity contribution in [2.24, 2.45) is 0 Å². The summed E-state index contributed by atoms with van der Waals surface area (Å²) in [5.41, 5.74) is -0.350. The molecular weight excluding hydrogens is 276 g/mol. The number of rotatable bonds is 2. The molecule has 0 fully saturated rings. The Morgan fingerprint density at radius 3 is 2.87 bits per heavy atom. The van der Waals surface area contributed by atoms with E-state index in [0.29, 0.717) is 5.01 Å². The number of hydrogen-bond donors (Lipinski definition) is 1. The van der Waals surface area contributed by atoms with Crippen molar-refractivity contribution in [2.45, 2.75) is 12.5 Å². The Kier molecular flexibility index (Phi) is 2.86. The van der Waals surface area contributed by atoms with Crippen LogP contribution in [0.5, 0.6) is 0 Å². The van der Waals surface area contributed by atoms with Gasteiger partial charge in [-0.25, -0.2) is 4.98 Å². The first-order valence-corrected chi connectivity index (χ1v) is 6.01. The minimum absolute atomic E-state index is 0.669. The molecule has 2 aromatic heterocycles. The van der Waals surface area contributed by atoms with Crippen molar-refractivity contribution in [1.82, 2.24) is 9.97 Å². The van der Waals surface area contributed by atoms with Crippen LogP contribution in [-0.2, 0) is 5.60 Å². The fourth-order valence-corrected chi connectivity index (χ4v) is 2.35. The van der Waals surface area contributed by atoms with E-state index in [-0.39, 0.29) is 0 Å². The molecule has 2 aromatic rings. The summed E-state index contributed by atoms with van der Waals surface area (Å²) >= 11 is 4.75. The summed E-state index contributed by atoms with van der Waals surface area (Å²) < 4.78 is 0.844. The van der Waals surface area contributed by atoms with Gasteiger partial charge in [-0.3, -0.25) is 4.98 Å². The second-order valence-electron chi connectivity index (χ2n) is 3.30. The van der Waals surface area contributed by atoms with Gasteiger partial charge < -0.3 is 5.11 Å². The minimum Gasteiger partial charge on any atom is -0.378 e. The van der Waals surface area contributed by atoms with Gasteiger partial charge in [0.1, 0.15) is 10.6 Å². The van der Waals surface area contributed by atoms with Crippen molar-refractivity contribution in [3.63, 3.8) is 0 Å². The van der Waals surface area contributed by atoms with Gasteiger partial charge in [0.15, 0.2) is 0 Å². The van der Waals surface area contributed by atoms with E-state index in [2.05, 4.69) is 25.9 Å². The van der Waals surface area contributed by atoms with Gasteiger partial charge >= 0.3 is 0 Å². The van der Waals surface area contributed by atoms with Crippen LogP contribution in [0.3, 0.4) is 0 Å². The van der Waals surface area contributed by atoms with Crippen molar-refractivity contribution >= 4 is 27.3 Å². The number of aromatic nitrogens is 2. The molecule has 15 heavy (non-hydrogen) atoms. The predicted molar refractivity (Wildman–Crippen MR) is 62.7 cm³/mol. The van der Waals surface area contributed by atoms with E-state index in [1.165, 1.54) is 11.3 Å². The zero-order chi connectivity index (χ0) is 10.9. The molecule has 0 aliphatic rings. The second kappa shape index (κ2) is 4.00. The molecule has 0 spiro atoms. The third-order valence-electron chi connectivity index (χ3n) is 2.12. The molecule has 2 heterocycles. The first-order valence-electron chi connectivity index (χ1n) is 4.34. The highest BCUT2D eigenvalue weighted by Gasteiger charge is 2.28. The molecule has 1 N–H and O–H groups in total. The largest absolute Gasteiger partial charge is 0.378 e. The number of nitrogens with zero attached hydrogens (tertiary/aromatic N) is 2. The lowest BCUT2D eigenvalue weighted by atomic mass is 9.99. The van der Waals surface area contributed by atoms with E-state index in [1.807, 2.05) is 11.4 Å². The molecule has 0 aromatic carbocycles. The molecule has 1 atom stereocenters. The van der Waals surface area contributed by atoms with Crippen LogP contribution in [-0.4, -0.2) is 15.1 Å². The molecule has 0 radical (unpaired) electrons. The van der Waals surface area contributed by atoms with Crippen LogP contribution in [0.15, 0.2) is 34.5 Å². The van der Waals surface area contributed by atoms with Crippen LogP contribution in [0.2, 0.25) is 0 Å². The maximum Gasteiger partial charge on any atom is 0.140 e. The Balaban J connectivity index is 2.46. The second-order valence-corrected chi connectivity index (χ2v) is 5.11. The maximum atomic E-state index is 10.4. The molecule has 3 nitrogen and oxygen atoms in total. The Bertz CT molecular complexity index is 456. The SMILES string of the molecule is CC(O)(c1cncc(Br)c1)c1nccs1. The molecule has 0 aliphatic carbocycles. The van der Waals surface area contributed by atoms with Gasteiger partial charge in [-0.2, -0.15) is 0 Å². The average Bonchev–Trinajstić information content (AvgIpc) is 2.71. The van der Waals surface area contributed by atoms with E-state index in [1.54, 1.807) is 25.5 Å². The van der Waals surface area contributed by atoms with Gasteiger partial charge in [-0.1, -0.05) is 0 Å². The molecule has 1 unspecified atom stereocenters. The standard InChI is InChI=1S/C10H9BrN2OS/c1-10(14,9-13-2-3-15-9)7-4-8(11)6-12-5-7/h2-6,14H,1H3. The molecule has 0 saturated heterocycles. The third kappa shape index (κ3) is 2.09. The highest BCUT2D eigenvalue weighted by Crippen LogP contribution is 2.30. The van der Waals surface area contributed by atoms with Crippen LogP contribution in [0.4, 0.5) is 0 Å². The Hall–Kier alpha value is -0.780. The number of pyridine rings is 1. The minimum atomic E-state index is -1.08.